The first-order valence-electron chi connectivity index (χ1n) is 7.06. The molecule has 2 aromatic rings. The van der Waals surface area contributed by atoms with Crippen LogP contribution in [0.25, 0.3) is 0 Å². The number of aryl methyl sites for hydroxylation is 1. The minimum Gasteiger partial charge on any atom is -0.350 e. The Labute approximate surface area is 130 Å². The molecule has 0 aliphatic rings. The second-order valence-corrected chi connectivity index (χ2v) is 5.08. The van der Waals surface area contributed by atoms with Gasteiger partial charge in [-0.2, -0.15) is 0 Å². The van der Waals surface area contributed by atoms with Crippen molar-refractivity contribution < 1.29 is 9.59 Å². The summed E-state index contributed by atoms with van der Waals surface area (Å²) < 4.78 is 0. The first kappa shape index (κ1) is 15.7. The third kappa shape index (κ3) is 4.41. The lowest BCUT2D eigenvalue weighted by Crippen LogP contribution is -2.39. The fourth-order valence-electron chi connectivity index (χ4n) is 2.08. The topological polar surface area (TPSA) is 62.3 Å². The molecule has 1 heterocycles. The van der Waals surface area contributed by atoms with Gasteiger partial charge in [0.15, 0.2) is 0 Å². The van der Waals surface area contributed by atoms with Crippen LogP contribution < -0.4 is 10.2 Å². The molecule has 0 fully saturated rings. The number of hydrogen-bond donors (Lipinski definition) is 1. The number of rotatable bonds is 5. The second kappa shape index (κ2) is 7.36. The second-order valence-electron chi connectivity index (χ2n) is 5.08. The quantitative estimate of drug-likeness (QED) is 0.919. The molecule has 0 saturated heterocycles. The number of carbonyl (C=O) groups excluding carboxylic acids is 2. The highest BCUT2D eigenvalue weighted by Gasteiger charge is 2.15. The predicted molar refractivity (Wildman–Crippen MR) is 85.3 cm³/mol. The van der Waals surface area contributed by atoms with E-state index in [1.54, 1.807) is 12.4 Å². The highest BCUT2D eigenvalue weighted by atomic mass is 16.2. The van der Waals surface area contributed by atoms with Crippen molar-refractivity contribution in [1.29, 1.82) is 0 Å². The van der Waals surface area contributed by atoms with Crippen molar-refractivity contribution in [3.05, 3.63) is 59.9 Å². The third-order valence-electron chi connectivity index (χ3n) is 3.21. The van der Waals surface area contributed by atoms with Crippen LogP contribution in [0.4, 0.5) is 5.69 Å². The lowest BCUT2D eigenvalue weighted by Gasteiger charge is -2.21. The Kier molecular flexibility index (Phi) is 5.25. The summed E-state index contributed by atoms with van der Waals surface area (Å²) in [6.07, 6.45) is 3.38. The van der Waals surface area contributed by atoms with Crippen molar-refractivity contribution >= 4 is 17.5 Å². The number of carbonyl (C=O) groups is 2. The minimum absolute atomic E-state index is 0.000944. The molecule has 5 heteroatoms. The minimum atomic E-state index is -0.208. The van der Waals surface area contributed by atoms with E-state index in [1.807, 2.05) is 43.3 Å². The predicted octanol–water partition coefficient (Wildman–Crippen LogP) is 2.06. The maximum atomic E-state index is 12.1. The van der Waals surface area contributed by atoms with E-state index in [4.69, 9.17) is 0 Å². The van der Waals surface area contributed by atoms with Crippen LogP contribution >= 0.6 is 0 Å². The largest absolute Gasteiger partial charge is 0.350 e. The van der Waals surface area contributed by atoms with E-state index in [9.17, 15) is 9.59 Å². The Hall–Kier alpha value is -2.69. The summed E-state index contributed by atoms with van der Waals surface area (Å²) in [4.78, 5) is 29.3. The Morgan fingerprint density at radius 1 is 1.23 bits per heavy atom. The first-order chi connectivity index (χ1) is 10.6. The first-order valence-corrected chi connectivity index (χ1v) is 7.06. The number of pyridine rings is 1. The van der Waals surface area contributed by atoms with Crippen LogP contribution in [-0.4, -0.2) is 23.3 Å². The molecule has 0 saturated carbocycles. The number of aromatic nitrogens is 1. The van der Waals surface area contributed by atoms with E-state index >= 15 is 0 Å². The van der Waals surface area contributed by atoms with E-state index in [1.165, 1.54) is 11.8 Å². The molecule has 2 rings (SSSR count). The monoisotopic (exact) mass is 297 g/mol. The SMILES string of the molecule is CC(=O)N(CC(=O)NCc1cccnc1)c1cccc(C)c1. The van der Waals surface area contributed by atoms with Crippen molar-refractivity contribution in [2.45, 2.75) is 20.4 Å². The average molecular weight is 297 g/mol. The Morgan fingerprint density at radius 2 is 2.05 bits per heavy atom. The zero-order valence-corrected chi connectivity index (χ0v) is 12.7. The molecule has 0 spiro atoms. The number of nitrogens with one attached hydrogen (secondary N) is 1. The van der Waals surface area contributed by atoms with Crippen molar-refractivity contribution in [3.8, 4) is 0 Å². The van der Waals surface area contributed by atoms with Crippen molar-refractivity contribution in [1.82, 2.24) is 10.3 Å². The van der Waals surface area contributed by atoms with Gasteiger partial charge in [-0.25, -0.2) is 0 Å². The molecule has 2 amide bonds. The Morgan fingerprint density at radius 3 is 2.68 bits per heavy atom. The van der Waals surface area contributed by atoms with E-state index in [2.05, 4.69) is 10.3 Å². The zero-order valence-electron chi connectivity index (χ0n) is 12.7. The lowest BCUT2D eigenvalue weighted by molar-refractivity contribution is -0.123. The molecule has 1 N–H and O–H groups in total. The molecule has 114 valence electrons. The molecule has 1 aromatic carbocycles. The van der Waals surface area contributed by atoms with Crippen molar-refractivity contribution in [2.24, 2.45) is 0 Å². The van der Waals surface area contributed by atoms with Gasteiger partial charge < -0.3 is 10.2 Å². The molecule has 0 bridgehead atoms. The van der Waals surface area contributed by atoms with Gasteiger partial charge in [0.2, 0.25) is 11.8 Å². The summed E-state index contributed by atoms with van der Waals surface area (Å²) in [6.45, 7) is 3.80. The van der Waals surface area contributed by atoms with Crippen LogP contribution in [0.2, 0.25) is 0 Å². The molecule has 0 radical (unpaired) electrons. The maximum absolute atomic E-state index is 12.1. The molecule has 0 unspecified atom stereocenters. The summed E-state index contributed by atoms with van der Waals surface area (Å²) in [5, 5.41) is 2.80. The third-order valence-corrected chi connectivity index (χ3v) is 3.21. The van der Waals surface area contributed by atoms with Gasteiger partial charge in [-0.05, 0) is 36.2 Å². The van der Waals surface area contributed by atoms with Crippen LogP contribution in [0.5, 0.6) is 0 Å². The van der Waals surface area contributed by atoms with Gasteiger partial charge >= 0.3 is 0 Å². The van der Waals surface area contributed by atoms with Gasteiger partial charge in [0.25, 0.3) is 0 Å². The molecule has 0 aliphatic carbocycles. The number of nitrogens with zero attached hydrogens (tertiary/aromatic N) is 2. The number of hydrogen-bond acceptors (Lipinski definition) is 3. The molecular formula is C17H19N3O2. The summed E-state index contributed by atoms with van der Waals surface area (Å²) >= 11 is 0. The zero-order chi connectivity index (χ0) is 15.9. The fourth-order valence-corrected chi connectivity index (χ4v) is 2.08. The van der Waals surface area contributed by atoms with Crippen molar-refractivity contribution in [2.75, 3.05) is 11.4 Å². The highest BCUT2D eigenvalue weighted by Crippen LogP contribution is 2.15. The van der Waals surface area contributed by atoms with E-state index in [-0.39, 0.29) is 18.4 Å². The van der Waals surface area contributed by atoms with Crippen LogP contribution in [0.3, 0.4) is 0 Å². The standard InChI is InChI=1S/C17H19N3O2/c1-13-5-3-7-16(9-13)20(14(2)21)12-17(22)19-11-15-6-4-8-18-10-15/h3-10H,11-12H2,1-2H3,(H,19,22). The fraction of sp³-hybridized carbons (Fsp3) is 0.235. The van der Waals surface area contributed by atoms with Gasteiger partial charge in [-0.1, -0.05) is 18.2 Å². The van der Waals surface area contributed by atoms with Crippen LogP contribution in [0, 0.1) is 6.92 Å². The molecule has 1 aromatic heterocycles. The molecular weight excluding hydrogens is 278 g/mol. The molecule has 22 heavy (non-hydrogen) atoms. The van der Waals surface area contributed by atoms with Gasteiger partial charge in [0, 0.05) is 31.5 Å². The van der Waals surface area contributed by atoms with E-state index in [0.717, 1.165) is 16.8 Å². The number of benzene rings is 1. The van der Waals surface area contributed by atoms with Crippen LogP contribution in [0.1, 0.15) is 18.1 Å². The Bertz CT molecular complexity index is 656. The van der Waals surface area contributed by atoms with E-state index in [0.29, 0.717) is 6.54 Å². The lowest BCUT2D eigenvalue weighted by atomic mass is 10.2. The van der Waals surface area contributed by atoms with Gasteiger partial charge in [-0.15, -0.1) is 0 Å². The smallest absolute Gasteiger partial charge is 0.240 e. The summed E-state index contributed by atoms with van der Waals surface area (Å²) in [5.41, 5.74) is 2.68. The molecule has 5 nitrogen and oxygen atoms in total. The van der Waals surface area contributed by atoms with Gasteiger partial charge in [0.1, 0.15) is 6.54 Å². The summed E-state index contributed by atoms with van der Waals surface area (Å²) in [6, 6.07) is 11.2. The van der Waals surface area contributed by atoms with Crippen LogP contribution in [0.15, 0.2) is 48.8 Å². The van der Waals surface area contributed by atoms with E-state index < -0.39 is 0 Å². The number of amides is 2. The Balaban J connectivity index is 1.99. The average Bonchev–Trinajstić information content (AvgIpc) is 2.51. The maximum Gasteiger partial charge on any atom is 0.240 e. The van der Waals surface area contributed by atoms with Gasteiger partial charge in [0.05, 0.1) is 0 Å². The summed E-state index contributed by atoms with van der Waals surface area (Å²) in [7, 11) is 0. The van der Waals surface area contributed by atoms with Crippen molar-refractivity contribution in [3.63, 3.8) is 0 Å². The highest BCUT2D eigenvalue weighted by molar-refractivity contribution is 5.97. The molecule has 0 atom stereocenters. The molecule has 0 aliphatic heterocycles. The number of anilines is 1. The normalized spacial score (nSPS) is 10.1. The van der Waals surface area contributed by atoms with Crippen LogP contribution in [-0.2, 0) is 16.1 Å². The summed E-state index contributed by atoms with van der Waals surface area (Å²) in [5.74, 6) is -0.373. The van der Waals surface area contributed by atoms with Gasteiger partial charge in [-0.3, -0.25) is 14.6 Å².